The van der Waals surface area contributed by atoms with Crippen LogP contribution in [0.5, 0.6) is 0 Å². The monoisotopic (exact) mass is 122 g/mol. The molecule has 44 valence electrons. The lowest BCUT2D eigenvalue weighted by atomic mass is 10.4. The van der Waals surface area contributed by atoms with Gasteiger partial charge in [0.15, 0.2) is 0 Å². The van der Waals surface area contributed by atoms with E-state index in [2.05, 4.69) is 6.92 Å². The summed E-state index contributed by atoms with van der Waals surface area (Å²) >= 11 is 0. The summed E-state index contributed by atoms with van der Waals surface area (Å²) in [7, 11) is 1.72. The molecule has 0 bridgehead atoms. The van der Waals surface area contributed by atoms with Gasteiger partial charge in [-0.25, -0.2) is 0 Å². The Morgan fingerprint density at radius 1 is 1.57 bits per heavy atom. The minimum atomic E-state index is 0.344. The van der Waals surface area contributed by atoms with Gasteiger partial charge in [-0.15, -0.1) is 0 Å². The van der Waals surface area contributed by atoms with Crippen molar-refractivity contribution in [2.45, 2.75) is 19.8 Å². The first kappa shape index (κ1) is 10.1. The molecule has 0 spiro atoms. The number of unbranched alkanes of at least 4 members (excludes halogenated alkanes) is 1. The summed E-state index contributed by atoms with van der Waals surface area (Å²) in [6, 6.07) is 0. The van der Waals surface area contributed by atoms with Gasteiger partial charge in [-0.1, -0.05) is 13.3 Å². The standard InChI is InChI=1S/C4H10O.HOP/c1-2-3-4-5;1-2/h5H,2-4H2,1H3;2H. The highest BCUT2D eigenvalue weighted by Crippen LogP contribution is 1.78. The lowest BCUT2D eigenvalue weighted by Gasteiger charge is -1.79. The molecule has 0 unspecified atom stereocenters. The Balaban J connectivity index is 0. The van der Waals surface area contributed by atoms with Gasteiger partial charge in [0.25, 0.3) is 0 Å². The van der Waals surface area contributed by atoms with Crippen LogP contribution in [0.1, 0.15) is 19.8 Å². The fourth-order valence-electron chi connectivity index (χ4n) is 0.158. The highest BCUT2D eigenvalue weighted by Gasteiger charge is 1.69. The molecular formula is C4H11O2P. The van der Waals surface area contributed by atoms with Gasteiger partial charge in [0, 0.05) is 6.61 Å². The summed E-state index contributed by atoms with van der Waals surface area (Å²) in [5, 5.41) is 8.07. The maximum absolute atomic E-state index is 8.07. The molecule has 0 aliphatic rings. The van der Waals surface area contributed by atoms with Crippen molar-refractivity contribution in [3.63, 3.8) is 0 Å². The van der Waals surface area contributed by atoms with Crippen molar-refractivity contribution in [1.82, 2.24) is 0 Å². The normalized spacial score (nSPS) is 6.57. The fraction of sp³-hybridized carbons (Fsp3) is 1.00. The van der Waals surface area contributed by atoms with E-state index >= 15 is 0 Å². The molecular weight excluding hydrogens is 111 g/mol. The maximum atomic E-state index is 8.07. The number of aliphatic hydroxyl groups excluding tert-OH is 1. The van der Waals surface area contributed by atoms with Crippen LogP contribution in [0.3, 0.4) is 0 Å². The maximum Gasteiger partial charge on any atom is 0.138 e. The van der Waals surface area contributed by atoms with E-state index in [1.54, 1.807) is 9.12 Å². The molecule has 0 rings (SSSR count). The Morgan fingerprint density at radius 3 is 2.00 bits per heavy atom. The van der Waals surface area contributed by atoms with E-state index < -0.39 is 0 Å². The molecule has 0 fully saturated rings. The number of hydrogen-bond acceptors (Lipinski definition) is 2. The third kappa shape index (κ3) is 23.5. The molecule has 0 aliphatic heterocycles. The lowest BCUT2D eigenvalue weighted by Crippen LogP contribution is -1.75. The quantitative estimate of drug-likeness (QED) is 0.559. The zero-order chi connectivity index (χ0) is 6.12. The van der Waals surface area contributed by atoms with E-state index in [4.69, 9.17) is 9.67 Å². The first-order valence-electron chi connectivity index (χ1n) is 2.23. The van der Waals surface area contributed by atoms with E-state index in [1.165, 1.54) is 0 Å². The third-order valence-electron chi connectivity index (χ3n) is 0.512. The van der Waals surface area contributed by atoms with E-state index in [0.29, 0.717) is 6.61 Å². The summed E-state index contributed by atoms with van der Waals surface area (Å²) in [6.07, 6.45) is 2.04. The van der Waals surface area contributed by atoms with Crippen molar-refractivity contribution in [1.29, 1.82) is 0 Å². The molecule has 0 heterocycles. The molecule has 2 nitrogen and oxygen atoms in total. The molecule has 0 atom stereocenters. The van der Waals surface area contributed by atoms with Crippen molar-refractivity contribution in [2.24, 2.45) is 0 Å². The van der Waals surface area contributed by atoms with Gasteiger partial charge in [0.2, 0.25) is 0 Å². The lowest BCUT2D eigenvalue weighted by molar-refractivity contribution is 0.287. The second-order valence-electron chi connectivity index (χ2n) is 1.08. The van der Waals surface area contributed by atoms with Gasteiger partial charge in [0.1, 0.15) is 9.12 Å². The highest BCUT2D eigenvalue weighted by atomic mass is 31.0. The molecule has 0 aliphatic carbocycles. The molecule has 0 aromatic carbocycles. The molecule has 0 aromatic heterocycles. The van der Waals surface area contributed by atoms with Crippen LogP contribution in [0.15, 0.2) is 0 Å². The van der Waals surface area contributed by atoms with Gasteiger partial charge in [0.05, 0.1) is 0 Å². The number of aliphatic hydroxyl groups is 1. The molecule has 0 amide bonds. The largest absolute Gasteiger partial charge is 0.396 e. The number of rotatable bonds is 2. The zero-order valence-corrected chi connectivity index (χ0v) is 5.48. The van der Waals surface area contributed by atoms with Gasteiger partial charge in [-0.3, -0.25) is 4.57 Å². The van der Waals surface area contributed by atoms with Crippen LogP contribution >= 0.6 is 9.12 Å². The van der Waals surface area contributed by atoms with Crippen LogP contribution in [0, 0.1) is 0 Å². The van der Waals surface area contributed by atoms with Crippen LogP contribution in [0.2, 0.25) is 0 Å². The molecule has 7 heavy (non-hydrogen) atoms. The van der Waals surface area contributed by atoms with Crippen molar-refractivity contribution in [3.8, 4) is 0 Å². The van der Waals surface area contributed by atoms with Gasteiger partial charge >= 0.3 is 0 Å². The smallest absolute Gasteiger partial charge is 0.138 e. The molecule has 0 radical (unpaired) electrons. The van der Waals surface area contributed by atoms with E-state index in [1.807, 2.05) is 0 Å². The van der Waals surface area contributed by atoms with E-state index in [9.17, 15) is 0 Å². The van der Waals surface area contributed by atoms with Crippen LogP contribution in [0.25, 0.3) is 0 Å². The predicted molar refractivity (Wildman–Crippen MR) is 31.0 cm³/mol. The van der Waals surface area contributed by atoms with Crippen LogP contribution < -0.4 is 0 Å². The van der Waals surface area contributed by atoms with Crippen LogP contribution in [-0.2, 0) is 4.57 Å². The first-order chi connectivity index (χ1) is 3.41. The zero-order valence-electron chi connectivity index (χ0n) is 4.48. The van der Waals surface area contributed by atoms with Crippen molar-refractivity contribution < 1.29 is 9.67 Å². The minimum absolute atomic E-state index is 0.344. The van der Waals surface area contributed by atoms with E-state index in [0.717, 1.165) is 12.8 Å². The van der Waals surface area contributed by atoms with Crippen molar-refractivity contribution in [2.75, 3.05) is 6.61 Å². The summed E-state index contributed by atoms with van der Waals surface area (Å²) in [5.41, 5.74) is 0. The molecule has 1 N–H and O–H groups in total. The SMILES string of the molecule is CCCCO.O=P. The Kier molecular flexibility index (Phi) is 24.0. The van der Waals surface area contributed by atoms with Crippen LogP contribution in [0.4, 0.5) is 0 Å². The van der Waals surface area contributed by atoms with Gasteiger partial charge in [-0.05, 0) is 6.42 Å². The average molecular weight is 122 g/mol. The molecule has 0 aromatic rings. The van der Waals surface area contributed by atoms with Crippen molar-refractivity contribution >= 4 is 9.12 Å². The van der Waals surface area contributed by atoms with Gasteiger partial charge < -0.3 is 5.11 Å². The second kappa shape index (κ2) is 16.6. The Bertz CT molecular complexity index is 23.7. The second-order valence-corrected chi connectivity index (χ2v) is 1.08. The van der Waals surface area contributed by atoms with Gasteiger partial charge in [-0.2, -0.15) is 0 Å². The Hall–Kier alpha value is 0.0600. The predicted octanol–water partition coefficient (Wildman–Crippen LogP) is 1.25. The fourth-order valence-corrected chi connectivity index (χ4v) is 0.158. The summed E-state index contributed by atoms with van der Waals surface area (Å²) in [6.45, 7) is 2.40. The number of hydrogen-bond donors (Lipinski definition) is 1. The summed E-state index contributed by atoms with van der Waals surface area (Å²) in [4.78, 5) is 0. The van der Waals surface area contributed by atoms with E-state index in [-0.39, 0.29) is 0 Å². The first-order valence-corrected chi connectivity index (χ1v) is 2.64. The molecule has 3 heteroatoms. The Labute approximate surface area is 46.2 Å². The minimum Gasteiger partial charge on any atom is -0.396 e. The molecule has 0 saturated carbocycles. The Morgan fingerprint density at radius 2 is 2.00 bits per heavy atom. The average Bonchev–Trinajstić information content (AvgIpc) is 1.75. The molecule has 0 saturated heterocycles. The van der Waals surface area contributed by atoms with Crippen LogP contribution in [-0.4, -0.2) is 11.7 Å². The highest BCUT2D eigenvalue weighted by molar-refractivity contribution is 7.00. The summed E-state index contributed by atoms with van der Waals surface area (Å²) < 4.78 is 8.06. The van der Waals surface area contributed by atoms with Crippen molar-refractivity contribution in [3.05, 3.63) is 0 Å². The topological polar surface area (TPSA) is 37.3 Å². The summed E-state index contributed by atoms with van der Waals surface area (Å²) in [5.74, 6) is 0. The third-order valence-corrected chi connectivity index (χ3v) is 0.512.